The third kappa shape index (κ3) is 3.41. The van der Waals surface area contributed by atoms with E-state index in [9.17, 15) is 9.59 Å². The van der Waals surface area contributed by atoms with Crippen molar-refractivity contribution in [1.29, 1.82) is 0 Å². The van der Waals surface area contributed by atoms with Crippen LogP contribution in [0.4, 0.5) is 11.8 Å². The second-order valence-corrected chi connectivity index (χ2v) is 7.72. The lowest BCUT2D eigenvalue weighted by Crippen LogP contribution is -2.46. The highest BCUT2D eigenvalue weighted by atomic mass is 35.5. The van der Waals surface area contributed by atoms with Crippen molar-refractivity contribution in [1.82, 2.24) is 24.1 Å². The first-order valence-electron chi connectivity index (χ1n) is 9.71. The fourth-order valence-electron chi connectivity index (χ4n) is 3.85. The SMILES string of the molecule is CC(=O)c1cnc(N)nc1N1CC[C@H]1c1nn2ccc(Cl)c2c(=O)n1-c1ccccc1.S. The summed E-state index contributed by atoms with van der Waals surface area (Å²) >= 11 is 6.26. The predicted octanol–water partition coefficient (Wildman–Crippen LogP) is 2.78. The number of nitrogen functional groups attached to an aromatic ring is 1. The first kappa shape index (κ1) is 21.8. The van der Waals surface area contributed by atoms with Crippen LogP contribution in [-0.4, -0.2) is 36.5 Å². The molecule has 1 aliphatic rings. The van der Waals surface area contributed by atoms with Crippen LogP contribution in [0.2, 0.25) is 5.02 Å². The standard InChI is InChI=1S/C21H18ClN7O2.H2S/c1-12(30)14-11-24-21(23)25-18(14)27-9-8-16(27)19-26-28-10-7-15(22)17(28)20(31)29(19)13-5-3-2-4-6-13;/h2-7,10-11,16H,8-9H2,1H3,(H2,23,24,25);1H2/t16-;/m0./s1. The number of ketones is 1. The number of halogens is 1. The van der Waals surface area contributed by atoms with Crippen molar-refractivity contribution in [2.24, 2.45) is 0 Å². The molecule has 0 spiro atoms. The third-order valence-corrected chi connectivity index (χ3v) is 5.74. The summed E-state index contributed by atoms with van der Waals surface area (Å²) in [7, 11) is 0. The van der Waals surface area contributed by atoms with Gasteiger partial charge in [0.2, 0.25) is 5.95 Å². The fraction of sp³-hybridized carbons (Fsp3) is 0.190. The first-order chi connectivity index (χ1) is 15.0. The molecule has 164 valence electrons. The van der Waals surface area contributed by atoms with Gasteiger partial charge in [-0.3, -0.25) is 14.2 Å². The number of benzene rings is 1. The van der Waals surface area contributed by atoms with Crippen molar-refractivity contribution in [2.45, 2.75) is 19.4 Å². The van der Waals surface area contributed by atoms with E-state index >= 15 is 0 Å². The topological polar surface area (TPSA) is 111 Å². The number of fused-ring (bicyclic) bond motifs is 1. The monoisotopic (exact) mass is 469 g/mol. The van der Waals surface area contributed by atoms with Crippen LogP contribution >= 0.6 is 25.1 Å². The lowest BCUT2D eigenvalue weighted by Gasteiger charge is -2.42. The molecule has 0 saturated carbocycles. The molecule has 1 atom stereocenters. The zero-order valence-corrected chi connectivity index (χ0v) is 18.8. The second-order valence-electron chi connectivity index (χ2n) is 7.31. The number of Topliss-reactive ketones (excluding diaryl/α,β-unsaturated/α-hetero) is 1. The average Bonchev–Trinajstić information content (AvgIpc) is 3.09. The van der Waals surface area contributed by atoms with Crippen LogP contribution in [0.25, 0.3) is 11.2 Å². The zero-order valence-electron chi connectivity index (χ0n) is 17.1. The van der Waals surface area contributed by atoms with Crippen LogP contribution in [0.1, 0.15) is 35.6 Å². The molecule has 0 bridgehead atoms. The average molecular weight is 470 g/mol. The Hall–Kier alpha value is -3.37. The Morgan fingerprint density at radius 3 is 2.62 bits per heavy atom. The number of hydrogen-bond donors (Lipinski definition) is 1. The molecule has 4 heterocycles. The van der Waals surface area contributed by atoms with Gasteiger partial charge in [-0.2, -0.15) is 23.6 Å². The maximum absolute atomic E-state index is 13.4. The van der Waals surface area contributed by atoms with Crippen molar-refractivity contribution in [3.8, 4) is 5.69 Å². The van der Waals surface area contributed by atoms with E-state index in [2.05, 4.69) is 9.97 Å². The molecule has 1 fully saturated rings. The minimum Gasteiger partial charge on any atom is -0.368 e. The number of nitrogens with zero attached hydrogens (tertiary/aromatic N) is 6. The number of carbonyl (C=O) groups is 1. The summed E-state index contributed by atoms with van der Waals surface area (Å²) < 4.78 is 3.06. The molecule has 1 saturated heterocycles. The normalized spacial score (nSPS) is 15.3. The summed E-state index contributed by atoms with van der Waals surface area (Å²) in [4.78, 5) is 35.8. The Labute approximate surface area is 194 Å². The predicted molar refractivity (Wildman–Crippen MR) is 127 cm³/mol. The van der Waals surface area contributed by atoms with Crippen LogP contribution in [-0.2, 0) is 0 Å². The highest BCUT2D eigenvalue weighted by Gasteiger charge is 2.37. The van der Waals surface area contributed by atoms with Crippen molar-refractivity contribution in [3.05, 3.63) is 75.6 Å². The molecule has 32 heavy (non-hydrogen) atoms. The second kappa shape index (κ2) is 8.29. The smallest absolute Gasteiger partial charge is 0.284 e. The van der Waals surface area contributed by atoms with Gasteiger partial charge < -0.3 is 10.6 Å². The molecule has 9 nitrogen and oxygen atoms in total. The highest BCUT2D eigenvalue weighted by molar-refractivity contribution is 7.59. The molecule has 0 unspecified atom stereocenters. The van der Waals surface area contributed by atoms with Gasteiger partial charge in [0.05, 0.1) is 22.3 Å². The number of aromatic nitrogens is 5. The highest BCUT2D eigenvalue weighted by Crippen LogP contribution is 2.38. The lowest BCUT2D eigenvalue weighted by atomic mass is 10.00. The van der Waals surface area contributed by atoms with E-state index in [1.807, 2.05) is 35.2 Å². The van der Waals surface area contributed by atoms with Gasteiger partial charge in [0.1, 0.15) is 11.3 Å². The van der Waals surface area contributed by atoms with Gasteiger partial charge >= 0.3 is 0 Å². The molecule has 0 amide bonds. The van der Waals surface area contributed by atoms with E-state index in [1.54, 1.807) is 16.8 Å². The molecule has 1 aliphatic heterocycles. The van der Waals surface area contributed by atoms with Crippen LogP contribution in [0.3, 0.4) is 0 Å². The summed E-state index contributed by atoms with van der Waals surface area (Å²) in [5.41, 5.74) is 6.88. The van der Waals surface area contributed by atoms with Gasteiger partial charge in [0, 0.05) is 18.9 Å². The fourth-order valence-corrected chi connectivity index (χ4v) is 4.08. The van der Waals surface area contributed by atoms with Crippen LogP contribution in [0.5, 0.6) is 0 Å². The number of rotatable bonds is 4. The van der Waals surface area contributed by atoms with Crippen molar-refractivity contribution >= 4 is 48.2 Å². The van der Waals surface area contributed by atoms with E-state index in [-0.39, 0.29) is 36.8 Å². The Morgan fingerprint density at radius 2 is 1.97 bits per heavy atom. The van der Waals surface area contributed by atoms with E-state index in [1.165, 1.54) is 17.6 Å². The largest absolute Gasteiger partial charge is 0.368 e. The molecule has 2 N–H and O–H groups in total. The third-order valence-electron chi connectivity index (χ3n) is 5.43. The summed E-state index contributed by atoms with van der Waals surface area (Å²) in [5.74, 6) is 0.873. The van der Waals surface area contributed by atoms with E-state index in [4.69, 9.17) is 22.4 Å². The van der Waals surface area contributed by atoms with Gasteiger partial charge in [-0.25, -0.2) is 9.50 Å². The van der Waals surface area contributed by atoms with Gasteiger partial charge in [-0.15, -0.1) is 0 Å². The van der Waals surface area contributed by atoms with Gasteiger partial charge in [-0.05, 0) is 31.5 Å². The van der Waals surface area contributed by atoms with E-state index < -0.39 is 0 Å². The van der Waals surface area contributed by atoms with Crippen LogP contribution < -0.4 is 16.2 Å². The number of carbonyl (C=O) groups excluding carboxylic acids is 1. The number of para-hydroxylation sites is 1. The number of anilines is 2. The van der Waals surface area contributed by atoms with Gasteiger partial charge in [-0.1, -0.05) is 29.8 Å². The molecular weight excluding hydrogens is 450 g/mol. The molecule has 11 heteroatoms. The molecule has 0 aliphatic carbocycles. The first-order valence-corrected chi connectivity index (χ1v) is 10.1. The van der Waals surface area contributed by atoms with Crippen LogP contribution in [0.15, 0.2) is 53.6 Å². The molecule has 1 aromatic carbocycles. The number of hydrogen-bond acceptors (Lipinski definition) is 7. The Morgan fingerprint density at radius 1 is 1.22 bits per heavy atom. The maximum Gasteiger partial charge on any atom is 0.284 e. The van der Waals surface area contributed by atoms with Crippen molar-refractivity contribution in [3.63, 3.8) is 0 Å². The lowest BCUT2D eigenvalue weighted by molar-refractivity contribution is 0.101. The molecule has 5 rings (SSSR count). The minimum absolute atomic E-state index is 0. The summed E-state index contributed by atoms with van der Waals surface area (Å²) in [6.07, 6.45) is 3.81. The maximum atomic E-state index is 13.4. The molecule has 0 radical (unpaired) electrons. The van der Waals surface area contributed by atoms with Crippen LogP contribution in [0, 0.1) is 0 Å². The van der Waals surface area contributed by atoms with Crippen molar-refractivity contribution < 1.29 is 4.79 Å². The Bertz CT molecular complexity index is 1390. The molecule has 3 aromatic heterocycles. The quantitative estimate of drug-likeness (QED) is 0.457. The van der Waals surface area contributed by atoms with Crippen molar-refractivity contribution in [2.75, 3.05) is 17.2 Å². The molecule has 4 aromatic rings. The van der Waals surface area contributed by atoms with Gasteiger partial charge in [0.15, 0.2) is 11.6 Å². The van der Waals surface area contributed by atoms with Gasteiger partial charge in [0.25, 0.3) is 5.56 Å². The zero-order chi connectivity index (χ0) is 21.7. The summed E-state index contributed by atoms with van der Waals surface area (Å²) in [5, 5.41) is 5.06. The van der Waals surface area contributed by atoms with E-state index in [0.29, 0.717) is 40.0 Å². The van der Waals surface area contributed by atoms with E-state index in [0.717, 1.165) is 6.42 Å². The Balaban J connectivity index is 0.00000245. The Kier molecular flexibility index (Phi) is 5.66. The summed E-state index contributed by atoms with van der Waals surface area (Å²) in [6, 6.07) is 10.6. The summed E-state index contributed by atoms with van der Waals surface area (Å²) in [6.45, 7) is 2.09. The number of nitrogens with two attached hydrogens (primary N) is 1. The minimum atomic E-state index is -0.286. The molecular formula is C21H20ClN7O2S.